The summed E-state index contributed by atoms with van der Waals surface area (Å²) in [4.78, 5) is 0. The van der Waals surface area contributed by atoms with E-state index < -0.39 is 5.82 Å². The molecule has 1 aromatic carbocycles. The topological polar surface area (TPSA) is 12.0 Å². The van der Waals surface area contributed by atoms with E-state index in [1.165, 1.54) is 0 Å². The smallest absolute Gasteiger partial charge is 0.157 e. The second-order valence-corrected chi connectivity index (χ2v) is 4.57. The van der Waals surface area contributed by atoms with Gasteiger partial charge in [0.25, 0.3) is 0 Å². The van der Waals surface area contributed by atoms with Crippen molar-refractivity contribution in [1.82, 2.24) is 5.32 Å². The maximum Gasteiger partial charge on any atom is 0.157 e. The van der Waals surface area contributed by atoms with Gasteiger partial charge in [0.05, 0.1) is 10.6 Å². The minimum Gasteiger partial charge on any atom is -0.317 e. The molecule has 0 aromatic heterocycles. The summed E-state index contributed by atoms with van der Waals surface area (Å²) in [5, 5.41) is 3.28. The predicted molar refractivity (Wildman–Crippen MR) is 70.8 cm³/mol. The number of halogens is 2. The lowest BCUT2D eigenvalue weighted by molar-refractivity contribution is 0.541. The van der Waals surface area contributed by atoms with Crippen molar-refractivity contribution in [2.75, 3.05) is 7.05 Å². The van der Waals surface area contributed by atoms with Crippen molar-refractivity contribution in [3.8, 4) is 12.3 Å². The molecule has 1 nitrogen and oxygen atoms in total. The molecular formula is C14H17ClFN. The average Bonchev–Trinajstić information content (AvgIpc) is 2.33. The molecular weight excluding hydrogens is 237 g/mol. The molecule has 0 heterocycles. The summed E-state index contributed by atoms with van der Waals surface area (Å²) in [5.74, 6) is 1.82. The zero-order valence-corrected chi connectivity index (χ0v) is 10.9. The molecule has 0 fully saturated rings. The van der Waals surface area contributed by atoms with Crippen molar-refractivity contribution in [3.63, 3.8) is 0 Å². The SMILES string of the molecule is C#Cc1cc(CCCC(C)NC)cc(Cl)c1F. The third kappa shape index (κ3) is 4.03. The largest absolute Gasteiger partial charge is 0.317 e. The summed E-state index contributed by atoms with van der Waals surface area (Å²) >= 11 is 5.78. The molecule has 0 aliphatic heterocycles. The number of hydrogen-bond donors (Lipinski definition) is 1. The Balaban J connectivity index is 2.67. The van der Waals surface area contributed by atoms with Crippen LogP contribution in [0.25, 0.3) is 0 Å². The average molecular weight is 254 g/mol. The van der Waals surface area contributed by atoms with Gasteiger partial charge in [0.2, 0.25) is 0 Å². The Morgan fingerprint density at radius 2 is 2.24 bits per heavy atom. The molecule has 0 amide bonds. The van der Waals surface area contributed by atoms with Gasteiger partial charge in [0.15, 0.2) is 5.82 Å². The lowest BCUT2D eigenvalue weighted by Gasteiger charge is -2.10. The molecule has 1 unspecified atom stereocenters. The molecule has 0 aliphatic rings. The first-order valence-corrected chi connectivity index (χ1v) is 6.08. The maximum atomic E-state index is 13.4. The summed E-state index contributed by atoms with van der Waals surface area (Å²) in [7, 11) is 1.94. The molecule has 17 heavy (non-hydrogen) atoms. The van der Waals surface area contributed by atoms with Gasteiger partial charge in [0, 0.05) is 6.04 Å². The maximum absolute atomic E-state index is 13.4. The van der Waals surface area contributed by atoms with Crippen LogP contribution in [0.15, 0.2) is 12.1 Å². The minimum absolute atomic E-state index is 0.108. The summed E-state index contributed by atoms with van der Waals surface area (Å²) in [6.07, 6.45) is 8.18. The summed E-state index contributed by atoms with van der Waals surface area (Å²) < 4.78 is 13.4. The molecule has 0 radical (unpaired) electrons. The Morgan fingerprint density at radius 3 is 2.82 bits per heavy atom. The summed E-state index contributed by atoms with van der Waals surface area (Å²) in [5.41, 5.74) is 1.24. The zero-order chi connectivity index (χ0) is 12.8. The highest BCUT2D eigenvalue weighted by molar-refractivity contribution is 6.30. The van der Waals surface area contributed by atoms with Crippen LogP contribution in [-0.4, -0.2) is 13.1 Å². The van der Waals surface area contributed by atoms with Gasteiger partial charge in [-0.25, -0.2) is 4.39 Å². The Hall–Kier alpha value is -1.04. The number of nitrogens with one attached hydrogen (secondary N) is 1. The third-order valence-electron chi connectivity index (χ3n) is 2.84. The number of benzene rings is 1. The molecule has 1 rings (SSSR count). The Morgan fingerprint density at radius 1 is 1.53 bits per heavy atom. The van der Waals surface area contributed by atoms with Crippen molar-refractivity contribution in [1.29, 1.82) is 0 Å². The van der Waals surface area contributed by atoms with Gasteiger partial charge >= 0.3 is 0 Å². The molecule has 0 spiro atoms. The van der Waals surface area contributed by atoms with Gasteiger partial charge in [0.1, 0.15) is 0 Å². The van der Waals surface area contributed by atoms with Crippen LogP contribution in [0.3, 0.4) is 0 Å². The predicted octanol–water partition coefficient (Wildman–Crippen LogP) is 3.39. The van der Waals surface area contributed by atoms with Gasteiger partial charge in [-0.2, -0.15) is 0 Å². The third-order valence-corrected chi connectivity index (χ3v) is 3.11. The second-order valence-electron chi connectivity index (χ2n) is 4.17. The van der Waals surface area contributed by atoms with E-state index in [1.54, 1.807) is 12.1 Å². The van der Waals surface area contributed by atoms with Crippen LogP contribution in [0.4, 0.5) is 4.39 Å². The van der Waals surface area contributed by atoms with E-state index in [1.807, 2.05) is 7.05 Å². The standard InChI is InChI=1S/C14H17ClFN/c1-4-12-8-11(9-13(15)14(12)16)7-5-6-10(2)17-3/h1,8-10,17H,5-7H2,2-3H3. The molecule has 1 atom stereocenters. The van der Waals surface area contributed by atoms with Crippen LogP contribution in [-0.2, 0) is 6.42 Å². The van der Waals surface area contributed by atoms with E-state index in [9.17, 15) is 4.39 Å². The minimum atomic E-state index is -0.499. The van der Waals surface area contributed by atoms with Crippen molar-refractivity contribution >= 4 is 11.6 Å². The highest BCUT2D eigenvalue weighted by Crippen LogP contribution is 2.21. The molecule has 0 bridgehead atoms. The zero-order valence-electron chi connectivity index (χ0n) is 10.2. The molecule has 3 heteroatoms. The van der Waals surface area contributed by atoms with Crippen LogP contribution in [0.5, 0.6) is 0 Å². The Bertz CT molecular complexity index is 423. The van der Waals surface area contributed by atoms with Gasteiger partial charge in [-0.05, 0) is 50.9 Å². The van der Waals surface area contributed by atoms with Gasteiger partial charge in [-0.3, -0.25) is 0 Å². The van der Waals surface area contributed by atoms with Crippen LogP contribution >= 0.6 is 11.6 Å². The molecule has 0 saturated carbocycles. The number of terminal acetylenes is 1. The summed E-state index contributed by atoms with van der Waals surface area (Å²) in [6.45, 7) is 2.13. The number of rotatable bonds is 5. The van der Waals surface area contributed by atoms with E-state index in [0.717, 1.165) is 24.8 Å². The first-order chi connectivity index (χ1) is 8.08. The number of hydrogen-bond acceptors (Lipinski definition) is 1. The molecule has 92 valence electrons. The van der Waals surface area contributed by atoms with Crippen molar-refractivity contribution in [2.45, 2.75) is 32.2 Å². The molecule has 1 aromatic rings. The van der Waals surface area contributed by atoms with Crippen LogP contribution in [0.2, 0.25) is 5.02 Å². The van der Waals surface area contributed by atoms with Crippen LogP contribution in [0.1, 0.15) is 30.9 Å². The van der Waals surface area contributed by atoms with Gasteiger partial charge in [-0.1, -0.05) is 17.5 Å². The Labute approximate surface area is 107 Å². The fraction of sp³-hybridized carbons (Fsp3) is 0.429. The molecule has 0 aliphatic carbocycles. The first kappa shape index (κ1) is 14.0. The summed E-state index contributed by atoms with van der Waals surface area (Å²) in [6, 6.07) is 3.84. The normalized spacial score (nSPS) is 12.2. The monoisotopic (exact) mass is 253 g/mol. The van der Waals surface area contributed by atoms with E-state index in [4.69, 9.17) is 18.0 Å². The fourth-order valence-corrected chi connectivity index (χ4v) is 1.89. The van der Waals surface area contributed by atoms with Crippen molar-refractivity contribution < 1.29 is 4.39 Å². The van der Waals surface area contributed by atoms with E-state index in [0.29, 0.717) is 6.04 Å². The highest BCUT2D eigenvalue weighted by Gasteiger charge is 2.08. The molecule has 0 saturated heterocycles. The number of aryl methyl sites for hydroxylation is 1. The lowest BCUT2D eigenvalue weighted by Crippen LogP contribution is -2.20. The second kappa shape index (κ2) is 6.64. The Kier molecular flexibility index (Phi) is 5.47. The van der Waals surface area contributed by atoms with Gasteiger partial charge in [-0.15, -0.1) is 6.42 Å². The fourth-order valence-electron chi connectivity index (χ4n) is 1.65. The van der Waals surface area contributed by atoms with E-state index in [2.05, 4.69) is 18.2 Å². The van der Waals surface area contributed by atoms with E-state index >= 15 is 0 Å². The highest BCUT2D eigenvalue weighted by atomic mass is 35.5. The quantitative estimate of drug-likeness (QED) is 0.794. The van der Waals surface area contributed by atoms with Crippen molar-refractivity contribution in [3.05, 3.63) is 34.1 Å². The van der Waals surface area contributed by atoms with Crippen molar-refractivity contribution in [2.24, 2.45) is 0 Å². The van der Waals surface area contributed by atoms with Gasteiger partial charge < -0.3 is 5.32 Å². The first-order valence-electron chi connectivity index (χ1n) is 5.70. The van der Waals surface area contributed by atoms with Crippen LogP contribution < -0.4 is 5.32 Å². The lowest BCUT2D eigenvalue weighted by atomic mass is 10.0. The molecule has 1 N–H and O–H groups in total. The van der Waals surface area contributed by atoms with Crippen LogP contribution in [0, 0.1) is 18.2 Å². The van der Waals surface area contributed by atoms with E-state index in [-0.39, 0.29) is 10.6 Å².